The third kappa shape index (κ3) is 2.30. The molecule has 0 spiro atoms. The van der Waals surface area contributed by atoms with Crippen LogP contribution < -0.4 is 5.56 Å². The predicted octanol–water partition coefficient (Wildman–Crippen LogP) is 2.43. The maximum Gasteiger partial charge on any atom is 0.265 e. The number of rotatable bonds is 2. The third-order valence-electron chi connectivity index (χ3n) is 2.78. The van der Waals surface area contributed by atoms with Crippen LogP contribution in [-0.2, 0) is 0 Å². The Labute approximate surface area is 105 Å². The van der Waals surface area contributed by atoms with Gasteiger partial charge in [0.1, 0.15) is 11.8 Å². The second-order valence-corrected chi connectivity index (χ2v) is 4.38. The van der Waals surface area contributed by atoms with E-state index in [-0.39, 0.29) is 11.1 Å². The van der Waals surface area contributed by atoms with E-state index in [9.17, 15) is 4.79 Å². The van der Waals surface area contributed by atoms with Crippen molar-refractivity contribution in [3.05, 3.63) is 51.8 Å². The first-order chi connectivity index (χ1) is 8.61. The molecule has 0 aliphatic carbocycles. The topological polar surface area (TPSA) is 69.5 Å². The van der Waals surface area contributed by atoms with Gasteiger partial charge in [0.25, 0.3) is 5.56 Å². The van der Waals surface area contributed by atoms with E-state index in [1.807, 2.05) is 30.3 Å². The van der Waals surface area contributed by atoms with E-state index in [1.165, 1.54) is 11.6 Å². The van der Waals surface area contributed by atoms with Crippen LogP contribution in [0, 0.1) is 11.3 Å². The van der Waals surface area contributed by atoms with Crippen molar-refractivity contribution in [1.82, 2.24) is 10.2 Å². The number of hydrogen-bond acceptors (Lipinski definition) is 3. The highest BCUT2D eigenvalue weighted by atomic mass is 16.1. The Morgan fingerprint density at radius 3 is 2.50 bits per heavy atom. The van der Waals surface area contributed by atoms with Crippen LogP contribution in [0.5, 0.6) is 0 Å². The van der Waals surface area contributed by atoms with Gasteiger partial charge in [-0.15, -0.1) is 0 Å². The highest BCUT2D eigenvalue weighted by molar-refractivity contribution is 5.65. The lowest BCUT2D eigenvalue weighted by atomic mass is 10.00. The summed E-state index contributed by atoms with van der Waals surface area (Å²) in [6.07, 6.45) is 0. The largest absolute Gasteiger partial charge is 0.268 e. The van der Waals surface area contributed by atoms with Crippen molar-refractivity contribution < 1.29 is 0 Å². The number of hydrogen-bond donors (Lipinski definition) is 1. The van der Waals surface area contributed by atoms with Gasteiger partial charge in [-0.05, 0) is 11.5 Å². The van der Waals surface area contributed by atoms with Gasteiger partial charge >= 0.3 is 0 Å². The molecule has 2 aromatic rings. The van der Waals surface area contributed by atoms with Gasteiger partial charge in [0.2, 0.25) is 0 Å². The lowest BCUT2D eigenvalue weighted by Crippen LogP contribution is -2.08. The maximum absolute atomic E-state index is 11.1. The summed E-state index contributed by atoms with van der Waals surface area (Å²) in [6, 6.07) is 11.1. The van der Waals surface area contributed by atoms with E-state index < -0.39 is 0 Å². The fourth-order valence-electron chi connectivity index (χ4n) is 1.73. The molecule has 0 bridgehead atoms. The standard InChI is InChI=1S/C14H13N3O/c1-9(2)10-3-5-11(6-4-10)14-12(8-15)7-13(18)16-17-14/h3-7,9H,1-2H3,(H,16,18). The van der Waals surface area contributed by atoms with Gasteiger partial charge in [0.05, 0.1) is 5.56 Å². The Morgan fingerprint density at radius 1 is 1.28 bits per heavy atom. The highest BCUT2D eigenvalue weighted by Crippen LogP contribution is 2.22. The lowest BCUT2D eigenvalue weighted by molar-refractivity contribution is 0.867. The minimum atomic E-state index is -0.367. The molecule has 2 rings (SSSR count). The molecule has 0 saturated carbocycles. The highest BCUT2D eigenvalue weighted by Gasteiger charge is 2.08. The Kier molecular flexibility index (Phi) is 3.24. The van der Waals surface area contributed by atoms with Crippen LogP contribution in [-0.4, -0.2) is 10.2 Å². The summed E-state index contributed by atoms with van der Waals surface area (Å²) in [7, 11) is 0. The summed E-state index contributed by atoms with van der Waals surface area (Å²) < 4.78 is 0. The number of aromatic amines is 1. The van der Waals surface area contributed by atoms with E-state index in [0.29, 0.717) is 11.6 Å². The molecule has 18 heavy (non-hydrogen) atoms. The van der Waals surface area contributed by atoms with Crippen LogP contribution in [0.25, 0.3) is 11.3 Å². The first-order valence-electron chi connectivity index (χ1n) is 5.72. The van der Waals surface area contributed by atoms with Gasteiger partial charge in [-0.25, -0.2) is 5.10 Å². The van der Waals surface area contributed by atoms with Crippen LogP contribution in [0.4, 0.5) is 0 Å². The quantitative estimate of drug-likeness (QED) is 0.875. The monoisotopic (exact) mass is 239 g/mol. The molecule has 90 valence electrons. The average Bonchev–Trinajstić information content (AvgIpc) is 2.38. The van der Waals surface area contributed by atoms with E-state index >= 15 is 0 Å². The molecular weight excluding hydrogens is 226 g/mol. The van der Waals surface area contributed by atoms with Crippen molar-refractivity contribution >= 4 is 0 Å². The molecule has 0 amide bonds. The molecule has 4 heteroatoms. The smallest absolute Gasteiger partial charge is 0.265 e. The molecule has 1 aromatic carbocycles. The summed E-state index contributed by atoms with van der Waals surface area (Å²) in [4.78, 5) is 11.1. The van der Waals surface area contributed by atoms with Crippen molar-refractivity contribution in [1.29, 1.82) is 5.26 Å². The van der Waals surface area contributed by atoms with Gasteiger partial charge in [-0.2, -0.15) is 10.4 Å². The van der Waals surface area contributed by atoms with Gasteiger partial charge in [-0.3, -0.25) is 4.79 Å². The lowest BCUT2D eigenvalue weighted by Gasteiger charge is -2.07. The molecule has 1 heterocycles. The molecule has 4 nitrogen and oxygen atoms in total. The van der Waals surface area contributed by atoms with E-state index in [2.05, 4.69) is 24.0 Å². The van der Waals surface area contributed by atoms with E-state index in [0.717, 1.165) is 5.56 Å². The fraction of sp³-hybridized carbons (Fsp3) is 0.214. The average molecular weight is 239 g/mol. The summed E-state index contributed by atoms with van der Waals surface area (Å²) >= 11 is 0. The summed E-state index contributed by atoms with van der Waals surface area (Å²) in [5.74, 6) is 0.457. The minimum Gasteiger partial charge on any atom is -0.268 e. The number of nitriles is 1. The Bertz CT molecular complexity index is 648. The minimum absolute atomic E-state index is 0.288. The van der Waals surface area contributed by atoms with Gasteiger partial charge in [-0.1, -0.05) is 38.1 Å². The van der Waals surface area contributed by atoms with Crippen molar-refractivity contribution in [2.45, 2.75) is 19.8 Å². The second kappa shape index (κ2) is 4.84. The van der Waals surface area contributed by atoms with Crippen LogP contribution in [0.1, 0.15) is 30.9 Å². The van der Waals surface area contributed by atoms with Crippen LogP contribution >= 0.6 is 0 Å². The second-order valence-electron chi connectivity index (χ2n) is 4.38. The number of nitrogens with zero attached hydrogens (tertiary/aromatic N) is 2. The van der Waals surface area contributed by atoms with Crippen molar-refractivity contribution in [2.75, 3.05) is 0 Å². The molecule has 0 aliphatic heterocycles. The van der Waals surface area contributed by atoms with Gasteiger partial charge in [0, 0.05) is 11.6 Å². The van der Waals surface area contributed by atoms with Crippen molar-refractivity contribution in [3.8, 4) is 17.3 Å². The van der Waals surface area contributed by atoms with Crippen LogP contribution in [0.15, 0.2) is 35.1 Å². The Balaban J connectivity index is 2.49. The van der Waals surface area contributed by atoms with Crippen LogP contribution in [0.3, 0.4) is 0 Å². The molecule has 1 aromatic heterocycles. The zero-order valence-electron chi connectivity index (χ0n) is 10.3. The molecule has 0 saturated heterocycles. The molecule has 0 unspecified atom stereocenters. The first kappa shape index (κ1) is 12.1. The van der Waals surface area contributed by atoms with Crippen molar-refractivity contribution in [3.63, 3.8) is 0 Å². The molecule has 1 N–H and O–H groups in total. The fourth-order valence-corrected chi connectivity index (χ4v) is 1.73. The zero-order chi connectivity index (χ0) is 13.1. The SMILES string of the molecule is CC(C)c1ccc(-c2n[nH]c(=O)cc2C#N)cc1. The molecular formula is C14H13N3O. The predicted molar refractivity (Wildman–Crippen MR) is 69.1 cm³/mol. The maximum atomic E-state index is 11.1. The normalized spacial score (nSPS) is 10.3. The number of nitrogens with one attached hydrogen (secondary N) is 1. The Morgan fingerprint density at radius 2 is 1.94 bits per heavy atom. The Hall–Kier alpha value is -2.41. The zero-order valence-corrected chi connectivity index (χ0v) is 10.3. The summed E-state index contributed by atoms with van der Waals surface area (Å²) in [5, 5.41) is 15.3. The van der Waals surface area contributed by atoms with Gasteiger partial charge in [0.15, 0.2) is 0 Å². The molecule has 0 aliphatic rings. The molecule has 0 atom stereocenters. The number of H-pyrrole nitrogens is 1. The van der Waals surface area contributed by atoms with E-state index in [1.54, 1.807) is 0 Å². The molecule has 0 fully saturated rings. The first-order valence-corrected chi connectivity index (χ1v) is 5.72. The summed E-state index contributed by atoms with van der Waals surface area (Å²) in [6.45, 7) is 4.24. The number of aromatic nitrogens is 2. The summed E-state index contributed by atoms with van der Waals surface area (Å²) in [5.41, 5.74) is 2.48. The molecule has 0 radical (unpaired) electrons. The van der Waals surface area contributed by atoms with E-state index in [4.69, 9.17) is 5.26 Å². The van der Waals surface area contributed by atoms with Crippen LogP contribution in [0.2, 0.25) is 0 Å². The third-order valence-corrected chi connectivity index (χ3v) is 2.78. The van der Waals surface area contributed by atoms with Gasteiger partial charge < -0.3 is 0 Å². The van der Waals surface area contributed by atoms with Crippen molar-refractivity contribution in [2.24, 2.45) is 0 Å². The number of benzene rings is 1.